The van der Waals surface area contributed by atoms with Gasteiger partial charge in [-0.2, -0.15) is 0 Å². The molecule has 1 aromatic carbocycles. The number of benzene rings is 1. The van der Waals surface area contributed by atoms with Gasteiger partial charge >= 0.3 is 0 Å². The number of aliphatic hydroxyl groups excluding tert-OH is 1. The summed E-state index contributed by atoms with van der Waals surface area (Å²) in [5.41, 5.74) is 0.732. The van der Waals surface area contributed by atoms with Gasteiger partial charge in [0.1, 0.15) is 6.04 Å². The van der Waals surface area contributed by atoms with E-state index in [1.807, 2.05) is 30.3 Å². The number of likely N-dealkylation sites (tertiary alicyclic amines) is 1. The highest BCUT2D eigenvalue weighted by molar-refractivity contribution is 8.02. The monoisotopic (exact) mass is 501 g/mol. The van der Waals surface area contributed by atoms with Crippen molar-refractivity contribution >= 4 is 35.2 Å². The van der Waals surface area contributed by atoms with E-state index in [1.54, 1.807) is 16.7 Å². The van der Waals surface area contributed by atoms with Crippen molar-refractivity contribution in [2.45, 2.75) is 80.7 Å². The van der Waals surface area contributed by atoms with Crippen LogP contribution in [-0.4, -0.2) is 63.5 Å². The molecule has 0 radical (unpaired) electrons. The molecule has 2 unspecified atom stereocenters. The summed E-state index contributed by atoms with van der Waals surface area (Å²) in [6.45, 7) is 3.45. The number of rotatable bonds is 13. The van der Waals surface area contributed by atoms with Gasteiger partial charge in [0.2, 0.25) is 17.7 Å². The van der Waals surface area contributed by atoms with E-state index in [2.05, 4.69) is 17.6 Å². The highest BCUT2D eigenvalue weighted by atomic mass is 32.2. The van der Waals surface area contributed by atoms with Crippen molar-refractivity contribution in [3.05, 3.63) is 30.3 Å². The molecule has 3 heterocycles. The molecular formula is C27H39N3O4S. The van der Waals surface area contributed by atoms with Crippen LogP contribution in [0.15, 0.2) is 30.3 Å². The molecule has 2 bridgehead atoms. The maximum absolute atomic E-state index is 13.9. The minimum absolute atomic E-state index is 0.0382. The third kappa shape index (κ3) is 5.24. The van der Waals surface area contributed by atoms with Crippen molar-refractivity contribution in [2.75, 3.05) is 25.0 Å². The summed E-state index contributed by atoms with van der Waals surface area (Å²) < 4.78 is -0.527. The van der Waals surface area contributed by atoms with Crippen molar-refractivity contribution in [1.82, 2.24) is 10.2 Å². The number of thioether (sulfide) groups is 1. The van der Waals surface area contributed by atoms with Gasteiger partial charge in [-0.15, -0.1) is 11.8 Å². The zero-order valence-electron chi connectivity index (χ0n) is 20.7. The van der Waals surface area contributed by atoms with Crippen molar-refractivity contribution in [3.63, 3.8) is 0 Å². The lowest BCUT2D eigenvalue weighted by molar-refractivity contribution is -0.139. The average Bonchev–Trinajstić information content (AvgIpc) is 3.50. The molecular weight excluding hydrogens is 462 g/mol. The molecule has 3 saturated heterocycles. The van der Waals surface area contributed by atoms with Gasteiger partial charge in [0.25, 0.3) is 0 Å². The third-order valence-electron chi connectivity index (χ3n) is 7.78. The topological polar surface area (TPSA) is 98.7 Å². The van der Waals surface area contributed by atoms with Gasteiger partial charge < -0.3 is 20.6 Å². The van der Waals surface area contributed by atoms with Crippen LogP contribution in [0.4, 0.5) is 5.69 Å². The first-order valence-electron chi connectivity index (χ1n) is 13.3. The van der Waals surface area contributed by atoms with E-state index in [0.717, 1.165) is 63.5 Å². The molecule has 192 valence electrons. The number of amides is 3. The smallest absolute Gasteiger partial charge is 0.244 e. The van der Waals surface area contributed by atoms with E-state index >= 15 is 0 Å². The van der Waals surface area contributed by atoms with E-state index < -0.39 is 22.6 Å². The molecule has 3 amide bonds. The Labute approximate surface area is 212 Å². The number of hydrogen-bond acceptors (Lipinski definition) is 5. The van der Waals surface area contributed by atoms with Gasteiger partial charge in [-0.25, -0.2) is 0 Å². The first-order valence-corrected chi connectivity index (χ1v) is 14.1. The van der Waals surface area contributed by atoms with Gasteiger partial charge in [0, 0.05) is 30.6 Å². The van der Waals surface area contributed by atoms with Gasteiger partial charge in [0.05, 0.1) is 16.6 Å². The fourth-order valence-corrected chi connectivity index (χ4v) is 8.39. The number of carbonyl (C=O) groups is 3. The summed E-state index contributed by atoms with van der Waals surface area (Å²) in [6.07, 6.45) is 8.07. The number of fused-ring (bicyclic) bond motifs is 1. The van der Waals surface area contributed by atoms with E-state index in [0.29, 0.717) is 13.1 Å². The van der Waals surface area contributed by atoms with Crippen molar-refractivity contribution in [3.8, 4) is 0 Å². The number of nitrogens with one attached hydrogen (secondary N) is 2. The van der Waals surface area contributed by atoms with Gasteiger partial charge in [0.15, 0.2) is 0 Å². The largest absolute Gasteiger partial charge is 0.396 e. The van der Waals surface area contributed by atoms with Gasteiger partial charge in [-0.1, -0.05) is 50.8 Å². The number of para-hydroxylation sites is 1. The molecule has 1 aromatic rings. The van der Waals surface area contributed by atoms with Crippen molar-refractivity contribution in [2.24, 2.45) is 11.8 Å². The Balaban J connectivity index is 1.54. The second kappa shape index (κ2) is 11.8. The Morgan fingerprint density at radius 1 is 1.09 bits per heavy atom. The van der Waals surface area contributed by atoms with Crippen LogP contribution in [0.1, 0.15) is 64.7 Å². The molecule has 3 fully saturated rings. The number of anilines is 1. The Morgan fingerprint density at radius 3 is 2.60 bits per heavy atom. The molecule has 7 nitrogen and oxygen atoms in total. The van der Waals surface area contributed by atoms with E-state index in [9.17, 15) is 14.4 Å². The van der Waals surface area contributed by atoms with E-state index in [4.69, 9.17) is 5.11 Å². The Hall–Kier alpha value is -2.06. The van der Waals surface area contributed by atoms with Gasteiger partial charge in [-0.3, -0.25) is 14.4 Å². The van der Waals surface area contributed by atoms with Crippen molar-refractivity contribution < 1.29 is 19.5 Å². The highest BCUT2D eigenvalue weighted by Crippen LogP contribution is 2.66. The Bertz CT molecular complexity index is 898. The SMILES string of the molecule is CCCCCNC(=O)C1N(CCCCCCO)C(=O)[C@@H]2[C@@H](C(=O)Nc3ccccc3)[C@H]3CCC12S3. The molecule has 4 rings (SSSR count). The lowest BCUT2D eigenvalue weighted by atomic mass is 9.70. The molecule has 8 heteroatoms. The fourth-order valence-electron chi connectivity index (χ4n) is 6.17. The fraction of sp³-hybridized carbons (Fsp3) is 0.667. The van der Waals surface area contributed by atoms with Gasteiger partial charge in [-0.05, 0) is 44.2 Å². The molecule has 35 heavy (non-hydrogen) atoms. The van der Waals surface area contributed by atoms with Crippen molar-refractivity contribution in [1.29, 1.82) is 0 Å². The molecule has 3 N–H and O–H groups in total. The lowest BCUT2D eigenvalue weighted by Gasteiger charge is -2.34. The molecule has 0 aromatic heterocycles. The minimum atomic E-state index is -0.527. The molecule has 0 saturated carbocycles. The Morgan fingerprint density at radius 2 is 1.86 bits per heavy atom. The Kier molecular flexibility index (Phi) is 8.76. The summed E-state index contributed by atoms with van der Waals surface area (Å²) in [5, 5.41) is 15.3. The van der Waals surface area contributed by atoms with Crippen LogP contribution in [0.25, 0.3) is 0 Å². The molecule has 1 spiro atoms. The standard InChI is InChI=1S/C27H39N3O4S/c1-2-3-9-16-28-25(33)23-27-15-14-20(35-27)21(24(32)29-19-12-7-6-8-13-19)22(27)26(34)30(23)17-10-4-5-11-18-31/h6-8,12-13,20-23,31H,2-5,9-11,14-18H2,1H3,(H,28,33)(H,29,32)/t20-,21+,22+,23?,27?/m1/s1. The maximum atomic E-state index is 13.9. The predicted octanol–water partition coefficient (Wildman–Crippen LogP) is 3.58. The second-order valence-electron chi connectivity index (χ2n) is 10.1. The van der Waals surface area contributed by atoms with Crippen LogP contribution < -0.4 is 10.6 Å². The second-order valence-corrected chi connectivity index (χ2v) is 11.7. The number of hydrogen-bond donors (Lipinski definition) is 3. The molecule has 3 aliphatic heterocycles. The zero-order valence-corrected chi connectivity index (χ0v) is 21.5. The average molecular weight is 502 g/mol. The maximum Gasteiger partial charge on any atom is 0.244 e. The first kappa shape index (κ1) is 26.0. The van der Waals surface area contributed by atoms with Crippen LogP contribution in [0, 0.1) is 11.8 Å². The van der Waals surface area contributed by atoms with Crippen LogP contribution in [0.2, 0.25) is 0 Å². The first-order chi connectivity index (χ1) is 17.0. The minimum Gasteiger partial charge on any atom is -0.396 e. The summed E-state index contributed by atoms with van der Waals surface area (Å²) in [7, 11) is 0. The summed E-state index contributed by atoms with van der Waals surface area (Å²) in [5.74, 6) is -1.09. The quantitative estimate of drug-likeness (QED) is 0.359. The van der Waals surface area contributed by atoms with Crippen LogP contribution in [0.3, 0.4) is 0 Å². The predicted molar refractivity (Wildman–Crippen MR) is 139 cm³/mol. The number of unbranched alkanes of at least 4 members (excludes halogenated alkanes) is 5. The molecule has 3 aliphatic rings. The number of nitrogens with zero attached hydrogens (tertiary/aromatic N) is 1. The lowest BCUT2D eigenvalue weighted by Crippen LogP contribution is -2.53. The highest BCUT2D eigenvalue weighted by Gasteiger charge is 2.73. The van der Waals surface area contributed by atoms with E-state index in [1.165, 1.54) is 0 Å². The molecule has 5 atom stereocenters. The number of aliphatic hydroxyl groups is 1. The summed E-state index contributed by atoms with van der Waals surface area (Å²) in [6, 6.07) is 8.85. The normalized spacial score (nSPS) is 28.9. The number of carbonyl (C=O) groups excluding carboxylic acids is 3. The van der Waals surface area contributed by atoms with Crippen LogP contribution in [-0.2, 0) is 14.4 Å². The third-order valence-corrected chi connectivity index (χ3v) is 9.73. The molecule has 0 aliphatic carbocycles. The van der Waals surface area contributed by atoms with E-state index in [-0.39, 0.29) is 29.6 Å². The van der Waals surface area contributed by atoms with Crippen LogP contribution >= 0.6 is 11.8 Å². The van der Waals surface area contributed by atoms with Crippen LogP contribution in [0.5, 0.6) is 0 Å². The summed E-state index contributed by atoms with van der Waals surface area (Å²) >= 11 is 1.71. The zero-order chi connectivity index (χ0) is 24.8. The summed E-state index contributed by atoms with van der Waals surface area (Å²) in [4.78, 5) is 42.6.